The minimum Gasteiger partial charge on any atom is -0.0991 e. The Labute approximate surface area is 118 Å². The molecule has 1 aromatic heterocycles. The second kappa shape index (κ2) is 5.74. The molecule has 0 aliphatic rings. The highest BCUT2D eigenvalue weighted by Gasteiger charge is 2.08. The van der Waals surface area contributed by atoms with Gasteiger partial charge in [0.25, 0.3) is 0 Å². The fourth-order valence-corrected chi connectivity index (χ4v) is 4.28. The molecule has 0 spiro atoms. The summed E-state index contributed by atoms with van der Waals surface area (Å²) in [6.45, 7) is 3.67. The zero-order valence-corrected chi connectivity index (χ0v) is 12.1. The third kappa shape index (κ3) is 2.93. The molecule has 0 nitrogen and oxygen atoms in total. The van der Waals surface area contributed by atoms with Crippen LogP contribution >= 0.6 is 44.5 Å². The maximum Gasteiger partial charge on any atom is 0.110 e. The van der Waals surface area contributed by atoms with E-state index in [0.717, 1.165) is 20.0 Å². The van der Waals surface area contributed by atoms with Crippen LogP contribution in [0.25, 0.3) is 17.2 Å². The van der Waals surface area contributed by atoms with Crippen molar-refractivity contribution >= 4 is 50.6 Å². The van der Waals surface area contributed by atoms with Crippen molar-refractivity contribution in [3.05, 3.63) is 56.7 Å². The molecule has 0 saturated carbocycles. The summed E-state index contributed by atoms with van der Waals surface area (Å²) >= 11 is 11.3. The SMILES string of the molecule is C=C/C=C/c1ssc(=S)c1-c1ccc(Cl)cc1. The van der Waals surface area contributed by atoms with Gasteiger partial charge < -0.3 is 0 Å². The van der Waals surface area contributed by atoms with Gasteiger partial charge in [-0.05, 0) is 23.8 Å². The summed E-state index contributed by atoms with van der Waals surface area (Å²) in [5.74, 6) is 0. The van der Waals surface area contributed by atoms with Crippen LogP contribution in [0.15, 0.2) is 43.0 Å². The molecule has 86 valence electrons. The smallest absolute Gasteiger partial charge is 0.0991 e. The van der Waals surface area contributed by atoms with Crippen LogP contribution in [-0.2, 0) is 0 Å². The molecule has 2 aromatic rings. The second-order valence-corrected chi connectivity index (χ2v) is 6.58. The van der Waals surface area contributed by atoms with Gasteiger partial charge in [0.15, 0.2) is 0 Å². The maximum absolute atomic E-state index is 5.89. The zero-order valence-electron chi connectivity index (χ0n) is 8.85. The quantitative estimate of drug-likeness (QED) is 0.377. The molecular formula is C13H9ClS3. The Kier molecular flexibility index (Phi) is 4.29. The number of benzene rings is 1. The standard InChI is InChI=1S/C13H9ClS3/c1-2-3-4-11-12(13(15)17-16-11)9-5-7-10(14)8-6-9/h2-8H,1H2/b4-3+. The van der Waals surface area contributed by atoms with E-state index in [1.165, 1.54) is 4.88 Å². The Morgan fingerprint density at radius 2 is 1.88 bits per heavy atom. The Hall–Kier alpha value is -0.740. The van der Waals surface area contributed by atoms with Crippen molar-refractivity contribution in [3.63, 3.8) is 0 Å². The molecule has 0 amide bonds. The lowest BCUT2D eigenvalue weighted by Crippen LogP contribution is -1.77. The molecule has 0 aliphatic carbocycles. The van der Waals surface area contributed by atoms with E-state index in [-0.39, 0.29) is 0 Å². The number of rotatable bonds is 3. The average molecular weight is 297 g/mol. The van der Waals surface area contributed by atoms with E-state index >= 15 is 0 Å². The van der Waals surface area contributed by atoms with E-state index in [0.29, 0.717) is 0 Å². The Morgan fingerprint density at radius 1 is 1.18 bits per heavy atom. The summed E-state index contributed by atoms with van der Waals surface area (Å²) in [4.78, 5) is 1.17. The normalized spacial score (nSPS) is 10.9. The average Bonchev–Trinajstić information content (AvgIpc) is 2.69. The number of allylic oxidation sites excluding steroid dienone is 2. The monoisotopic (exact) mass is 296 g/mol. The maximum atomic E-state index is 5.89. The molecule has 0 bridgehead atoms. The van der Waals surface area contributed by atoms with Crippen LogP contribution in [-0.4, -0.2) is 0 Å². The summed E-state index contributed by atoms with van der Waals surface area (Å²) in [6, 6.07) is 7.76. The van der Waals surface area contributed by atoms with E-state index in [2.05, 4.69) is 6.58 Å². The molecule has 0 saturated heterocycles. The second-order valence-electron chi connectivity index (χ2n) is 3.30. The number of hydrogen-bond donors (Lipinski definition) is 0. The zero-order chi connectivity index (χ0) is 12.3. The van der Waals surface area contributed by atoms with Gasteiger partial charge >= 0.3 is 0 Å². The largest absolute Gasteiger partial charge is 0.110 e. The molecule has 0 aliphatic heterocycles. The van der Waals surface area contributed by atoms with E-state index in [9.17, 15) is 0 Å². The van der Waals surface area contributed by atoms with Gasteiger partial charge in [-0.25, -0.2) is 0 Å². The third-order valence-corrected chi connectivity index (χ3v) is 5.44. The molecule has 4 heteroatoms. The molecule has 0 fully saturated rings. The van der Waals surface area contributed by atoms with E-state index in [1.54, 1.807) is 26.8 Å². The van der Waals surface area contributed by atoms with Gasteiger partial charge in [0.2, 0.25) is 0 Å². The highest BCUT2D eigenvalue weighted by atomic mass is 35.5. The number of hydrogen-bond acceptors (Lipinski definition) is 3. The van der Waals surface area contributed by atoms with Crippen molar-refractivity contribution < 1.29 is 0 Å². The highest BCUT2D eigenvalue weighted by molar-refractivity contribution is 7.80. The molecule has 1 aromatic carbocycles. The van der Waals surface area contributed by atoms with E-state index in [4.69, 9.17) is 23.8 Å². The van der Waals surface area contributed by atoms with Gasteiger partial charge in [0.1, 0.15) is 3.82 Å². The lowest BCUT2D eigenvalue weighted by Gasteiger charge is -1.99. The predicted octanol–water partition coefficient (Wildman–Crippen LogP) is 6.06. The van der Waals surface area contributed by atoms with Crippen LogP contribution in [0.3, 0.4) is 0 Å². The van der Waals surface area contributed by atoms with Crippen LogP contribution in [0.5, 0.6) is 0 Å². The molecule has 17 heavy (non-hydrogen) atoms. The van der Waals surface area contributed by atoms with Gasteiger partial charge in [-0.15, -0.1) is 0 Å². The summed E-state index contributed by atoms with van der Waals surface area (Å²) in [7, 11) is 3.30. The minimum absolute atomic E-state index is 0.738. The first-order chi connectivity index (χ1) is 8.22. The molecule has 0 N–H and O–H groups in total. The topological polar surface area (TPSA) is 0 Å². The molecule has 0 radical (unpaired) electrons. The lowest BCUT2D eigenvalue weighted by molar-refractivity contribution is 1.67. The van der Waals surface area contributed by atoms with Crippen molar-refractivity contribution in [2.75, 3.05) is 0 Å². The first-order valence-corrected chi connectivity index (χ1v) is 7.84. The Balaban J connectivity index is 2.54. The molecule has 2 rings (SSSR count). The summed E-state index contributed by atoms with van der Waals surface area (Å²) < 4.78 is 0.918. The number of halogens is 1. The van der Waals surface area contributed by atoms with Crippen molar-refractivity contribution in [1.82, 2.24) is 0 Å². The lowest BCUT2D eigenvalue weighted by atomic mass is 10.1. The van der Waals surface area contributed by atoms with Gasteiger partial charge in [-0.1, -0.05) is 75.4 Å². The first-order valence-electron chi connectivity index (χ1n) is 4.90. The van der Waals surface area contributed by atoms with E-state index in [1.807, 2.05) is 36.4 Å². The van der Waals surface area contributed by atoms with Crippen LogP contribution < -0.4 is 0 Å². The molecule has 0 unspecified atom stereocenters. The fraction of sp³-hybridized carbons (Fsp3) is 0. The first kappa shape index (κ1) is 12.7. The van der Waals surface area contributed by atoms with Gasteiger partial charge in [0.05, 0.1) is 0 Å². The summed E-state index contributed by atoms with van der Waals surface area (Å²) in [5, 5.41) is 0.738. The van der Waals surface area contributed by atoms with E-state index < -0.39 is 0 Å². The Bertz CT molecular complexity index is 602. The minimum atomic E-state index is 0.738. The van der Waals surface area contributed by atoms with Crippen molar-refractivity contribution in [2.24, 2.45) is 0 Å². The van der Waals surface area contributed by atoms with Gasteiger partial charge in [0, 0.05) is 15.5 Å². The van der Waals surface area contributed by atoms with Crippen molar-refractivity contribution in [2.45, 2.75) is 0 Å². The Morgan fingerprint density at radius 3 is 2.53 bits per heavy atom. The molecule has 1 heterocycles. The van der Waals surface area contributed by atoms with Crippen molar-refractivity contribution in [3.8, 4) is 11.1 Å². The third-order valence-electron chi connectivity index (χ3n) is 2.17. The van der Waals surface area contributed by atoms with Gasteiger partial charge in [-0.2, -0.15) is 0 Å². The van der Waals surface area contributed by atoms with Gasteiger partial charge in [-0.3, -0.25) is 0 Å². The predicted molar refractivity (Wildman–Crippen MR) is 82.7 cm³/mol. The summed E-state index contributed by atoms with van der Waals surface area (Å²) in [6.07, 6.45) is 5.72. The van der Waals surface area contributed by atoms with Crippen molar-refractivity contribution in [1.29, 1.82) is 0 Å². The summed E-state index contributed by atoms with van der Waals surface area (Å²) in [5.41, 5.74) is 2.23. The van der Waals surface area contributed by atoms with Crippen LogP contribution in [0.1, 0.15) is 4.88 Å². The van der Waals surface area contributed by atoms with Crippen LogP contribution in [0.2, 0.25) is 5.02 Å². The fourth-order valence-electron chi connectivity index (χ4n) is 1.41. The highest BCUT2D eigenvalue weighted by Crippen LogP contribution is 2.35. The van der Waals surface area contributed by atoms with Crippen LogP contribution in [0.4, 0.5) is 0 Å². The van der Waals surface area contributed by atoms with Crippen LogP contribution in [0, 0.1) is 3.82 Å². The molecular weight excluding hydrogens is 288 g/mol. The molecule has 0 atom stereocenters.